The van der Waals surface area contributed by atoms with E-state index in [9.17, 15) is 18.0 Å². The first kappa shape index (κ1) is 15.2. The molecule has 0 bridgehead atoms. The molecule has 0 aliphatic carbocycles. The Labute approximate surface area is 117 Å². The van der Waals surface area contributed by atoms with Crippen LogP contribution < -0.4 is 11.3 Å². The Morgan fingerprint density at radius 2 is 2.15 bits per heavy atom. The molecular weight excluding hydrogens is 293 g/mol. The third kappa shape index (κ3) is 3.68. The van der Waals surface area contributed by atoms with Crippen molar-refractivity contribution >= 4 is 17.2 Å². The molecule has 1 aromatic rings. The molecule has 0 atom stereocenters. The molecule has 3 N–H and O–H groups in total. The molecule has 9 heteroatoms. The highest BCUT2D eigenvalue weighted by atomic mass is 32.1. The SMILES string of the molecule is NNC(=O)c1nc(CN2CCC(C(F)(F)F)CC2)cs1. The minimum atomic E-state index is -4.10. The second kappa shape index (κ2) is 6.06. The number of halogens is 3. The molecule has 2 heterocycles. The summed E-state index contributed by atoms with van der Waals surface area (Å²) in [6, 6.07) is 0. The number of nitrogen functional groups attached to an aromatic ring is 1. The first-order chi connectivity index (χ1) is 9.40. The van der Waals surface area contributed by atoms with Crippen LogP contribution in [0.3, 0.4) is 0 Å². The summed E-state index contributed by atoms with van der Waals surface area (Å²) < 4.78 is 37.6. The molecule has 2 rings (SSSR count). The minimum Gasteiger partial charge on any atom is -0.297 e. The third-order valence-electron chi connectivity index (χ3n) is 3.31. The zero-order valence-electron chi connectivity index (χ0n) is 10.6. The fourth-order valence-corrected chi connectivity index (χ4v) is 2.90. The molecule has 5 nitrogen and oxygen atoms in total. The van der Waals surface area contributed by atoms with Crippen LogP contribution in [0.15, 0.2) is 5.38 Å². The molecule has 0 radical (unpaired) electrons. The van der Waals surface area contributed by atoms with Crippen LogP contribution in [0.4, 0.5) is 13.2 Å². The summed E-state index contributed by atoms with van der Waals surface area (Å²) in [5.74, 6) is 3.34. The molecule has 0 aromatic carbocycles. The van der Waals surface area contributed by atoms with Crippen molar-refractivity contribution in [3.63, 3.8) is 0 Å². The molecule has 20 heavy (non-hydrogen) atoms. The van der Waals surface area contributed by atoms with Crippen LogP contribution in [0.5, 0.6) is 0 Å². The van der Waals surface area contributed by atoms with Gasteiger partial charge in [-0.15, -0.1) is 11.3 Å². The van der Waals surface area contributed by atoms with Crippen LogP contribution in [-0.4, -0.2) is 35.1 Å². The number of carbonyl (C=O) groups excluding carboxylic acids is 1. The van der Waals surface area contributed by atoms with E-state index in [4.69, 9.17) is 5.84 Å². The minimum absolute atomic E-state index is 0.115. The second-order valence-electron chi connectivity index (χ2n) is 4.71. The highest BCUT2D eigenvalue weighted by Gasteiger charge is 2.41. The van der Waals surface area contributed by atoms with Crippen LogP contribution >= 0.6 is 11.3 Å². The van der Waals surface area contributed by atoms with Crippen molar-refractivity contribution < 1.29 is 18.0 Å². The summed E-state index contributed by atoms with van der Waals surface area (Å²) >= 11 is 1.17. The highest BCUT2D eigenvalue weighted by molar-refractivity contribution is 7.11. The van der Waals surface area contributed by atoms with E-state index in [0.717, 1.165) is 0 Å². The molecule has 1 aromatic heterocycles. The summed E-state index contributed by atoms with van der Waals surface area (Å²) in [7, 11) is 0. The number of nitrogens with two attached hydrogens (primary N) is 1. The Hall–Kier alpha value is -1.19. The number of thiazole rings is 1. The Morgan fingerprint density at radius 1 is 1.50 bits per heavy atom. The fraction of sp³-hybridized carbons (Fsp3) is 0.636. The first-order valence-corrected chi connectivity index (χ1v) is 7.02. The maximum absolute atomic E-state index is 12.5. The van der Waals surface area contributed by atoms with Gasteiger partial charge in [0.25, 0.3) is 5.91 Å². The van der Waals surface area contributed by atoms with E-state index in [0.29, 0.717) is 25.3 Å². The van der Waals surface area contributed by atoms with E-state index in [2.05, 4.69) is 4.98 Å². The number of alkyl halides is 3. The predicted octanol–water partition coefficient (Wildman–Crippen LogP) is 1.52. The van der Waals surface area contributed by atoms with E-state index in [1.807, 2.05) is 10.3 Å². The largest absolute Gasteiger partial charge is 0.391 e. The number of hydrogen-bond donors (Lipinski definition) is 2. The monoisotopic (exact) mass is 308 g/mol. The molecule has 1 fully saturated rings. The standard InChI is InChI=1S/C11H15F3N4OS/c12-11(13,14)7-1-3-18(4-2-7)5-8-6-20-10(16-8)9(19)17-15/h6-7H,1-5,15H2,(H,17,19). The zero-order valence-corrected chi connectivity index (χ0v) is 11.4. The van der Waals surface area contributed by atoms with Crippen LogP contribution in [0.1, 0.15) is 28.3 Å². The van der Waals surface area contributed by atoms with Gasteiger partial charge < -0.3 is 0 Å². The number of nitrogens with one attached hydrogen (secondary N) is 1. The summed E-state index contributed by atoms with van der Waals surface area (Å²) in [5, 5.41) is 1.98. The van der Waals surface area contributed by atoms with Crippen molar-refractivity contribution in [3.8, 4) is 0 Å². The molecule has 0 saturated carbocycles. The topological polar surface area (TPSA) is 71.2 Å². The third-order valence-corrected chi connectivity index (χ3v) is 4.20. The second-order valence-corrected chi connectivity index (χ2v) is 5.57. The van der Waals surface area contributed by atoms with Gasteiger partial charge in [-0.1, -0.05) is 0 Å². The van der Waals surface area contributed by atoms with Crippen LogP contribution in [0.25, 0.3) is 0 Å². The van der Waals surface area contributed by atoms with Gasteiger partial charge in [-0.3, -0.25) is 15.1 Å². The maximum Gasteiger partial charge on any atom is 0.391 e. The molecule has 1 aliphatic rings. The number of piperidine rings is 1. The van der Waals surface area contributed by atoms with Crippen molar-refractivity contribution in [1.29, 1.82) is 0 Å². The van der Waals surface area contributed by atoms with Crippen molar-refractivity contribution in [2.24, 2.45) is 11.8 Å². The van der Waals surface area contributed by atoms with Crippen LogP contribution in [-0.2, 0) is 6.54 Å². The summed E-state index contributed by atoms with van der Waals surface area (Å²) in [4.78, 5) is 17.3. The van der Waals surface area contributed by atoms with Crippen molar-refractivity contribution in [2.75, 3.05) is 13.1 Å². The number of amides is 1. The molecular formula is C11H15F3N4OS. The van der Waals surface area contributed by atoms with E-state index in [1.165, 1.54) is 11.3 Å². The summed E-state index contributed by atoms with van der Waals surface area (Å²) in [6.45, 7) is 1.24. The van der Waals surface area contributed by atoms with Gasteiger partial charge in [-0.05, 0) is 25.9 Å². The Balaban J connectivity index is 1.87. The van der Waals surface area contributed by atoms with Gasteiger partial charge in [0, 0.05) is 11.9 Å². The van der Waals surface area contributed by atoms with Crippen molar-refractivity contribution in [3.05, 3.63) is 16.1 Å². The maximum atomic E-state index is 12.5. The number of hydrazine groups is 1. The van der Waals surface area contributed by atoms with Gasteiger partial charge in [0.05, 0.1) is 11.6 Å². The summed E-state index contributed by atoms with van der Waals surface area (Å²) in [5.41, 5.74) is 2.67. The number of carbonyl (C=O) groups is 1. The molecule has 1 saturated heterocycles. The number of hydrogen-bond acceptors (Lipinski definition) is 5. The van der Waals surface area contributed by atoms with Crippen molar-refractivity contribution in [2.45, 2.75) is 25.6 Å². The van der Waals surface area contributed by atoms with Gasteiger partial charge in [0.1, 0.15) is 0 Å². The summed E-state index contributed by atoms with van der Waals surface area (Å²) in [6.07, 6.45) is -3.87. The Bertz CT molecular complexity index is 468. The molecule has 1 aliphatic heterocycles. The van der Waals surface area contributed by atoms with Gasteiger partial charge in [-0.25, -0.2) is 10.8 Å². The van der Waals surface area contributed by atoms with E-state index in [-0.39, 0.29) is 17.8 Å². The van der Waals surface area contributed by atoms with E-state index in [1.54, 1.807) is 5.38 Å². The number of aromatic nitrogens is 1. The number of nitrogens with zero attached hydrogens (tertiary/aromatic N) is 2. The van der Waals surface area contributed by atoms with E-state index >= 15 is 0 Å². The highest BCUT2D eigenvalue weighted by Crippen LogP contribution is 2.34. The fourth-order valence-electron chi connectivity index (χ4n) is 2.19. The normalized spacial score (nSPS) is 18.2. The average Bonchev–Trinajstić information content (AvgIpc) is 2.86. The van der Waals surface area contributed by atoms with Gasteiger partial charge >= 0.3 is 6.18 Å². The zero-order chi connectivity index (χ0) is 14.8. The lowest BCUT2D eigenvalue weighted by Gasteiger charge is -2.32. The molecule has 1 amide bonds. The first-order valence-electron chi connectivity index (χ1n) is 6.14. The quantitative estimate of drug-likeness (QED) is 0.504. The smallest absolute Gasteiger partial charge is 0.297 e. The average molecular weight is 308 g/mol. The lowest BCUT2D eigenvalue weighted by atomic mass is 9.96. The molecule has 0 unspecified atom stereocenters. The van der Waals surface area contributed by atoms with Gasteiger partial charge in [0.15, 0.2) is 5.01 Å². The number of likely N-dealkylation sites (tertiary alicyclic amines) is 1. The van der Waals surface area contributed by atoms with Gasteiger partial charge in [0.2, 0.25) is 0 Å². The predicted molar refractivity (Wildman–Crippen MR) is 67.8 cm³/mol. The Morgan fingerprint density at radius 3 is 2.70 bits per heavy atom. The lowest BCUT2D eigenvalue weighted by Crippen LogP contribution is -2.38. The lowest BCUT2D eigenvalue weighted by molar-refractivity contribution is -0.185. The van der Waals surface area contributed by atoms with E-state index < -0.39 is 18.0 Å². The molecule has 112 valence electrons. The molecule has 0 spiro atoms. The van der Waals surface area contributed by atoms with Crippen molar-refractivity contribution in [1.82, 2.24) is 15.3 Å². The number of rotatable bonds is 3. The van der Waals surface area contributed by atoms with Crippen LogP contribution in [0, 0.1) is 5.92 Å². The van der Waals surface area contributed by atoms with Crippen LogP contribution in [0.2, 0.25) is 0 Å². The van der Waals surface area contributed by atoms with Gasteiger partial charge in [-0.2, -0.15) is 13.2 Å². The Kier molecular flexibility index (Phi) is 4.61.